The largest absolute Gasteiger partial charge is 0.322 e. The van der Waals surface area contributed by atoms with Crippen LogP contribution in [0.25, 0.3) is 0 Å². The summed E-state index contributed by atoms with van der Waals surface area (Å²) in [6, 6.07) is 26.2. The van der Waals surface area contributed by atoms with Gasteiger partial charge in [0, 0.05) is 22.8 Å². The molecule has 1 saturated heterocycles. The number of carbonyl (C=O) groups excluding carboxylic acids is 2. The minimum Gasteiger partial charge on any atom is -0.322 e. The first-order chi connectivity index (χ1) is 19.6. The highest BCUT2D eigenvalue weighted by molar-refractivity contribution is 8.00. The maximum Gasteiger partial charge on any atom is 0.261 e. The van der Waals surface area contributed by atoms with Crippen molar-refractivity contribution in [1.82, 2.24) is 4.90 Å². The van der Waals surface area contributed by atoms with Crippen molar-refractivity contribution >= 4 is 56.6 Å². The predicted molar refractivity (Wildman–Crippen MR) is 165 cm³/mol. The number of hydrogen-bond acceptors (Lipinski definition) is 5. The van der Waals surface area contributed by atoms with Crippen LogP contribution in [0.5, 0.6) is 0 Å². The lowest BCUT2D eigenvalue weighted by Crippen LogP contribution is -2.27. The quantitative estimate of drug-likeness (QED) is 0.231. The van der Waals surface area contributed by atoms with E-state index in [1.54, 1.807) is 42.1 Å². The van der Waals surface area contributed by atoms with Gasteiger partial charge in [0.1, 0.15) is 5.37 Å². The predicted octanol–water partition coefficient (Wildman–Crippen LogP) is 6.78. The van der Waals surface area contributed by atoms with Crippen LogP contribution < -0.4 is 10.0 Å². The summed E-state index contributed by atoms with van der Waals surface area (Å²) < 4.78 is 28.4. The van der Waals surface area contributed by atoms with Gasteiger partial charge in [0.15, 0.2) is 0 Å². The molecule has 0 spiro atoms. The van der Waals surface area contributed by atoms with E-state index in [4.69, 9.17) is 11.6 Å². The Morgan fingerprint density at radius 1 is 0.951 bits per heavy atom. The minimum atomic E-state index is -3.79. The maximum atomic E-state index is 12.9. The molecular weight excluding hydrogens is 578 g/mol. The van der Waals surface area contributed by atoms with Gasteiger partial charge >= 0.3 is 0 Å². The molecule has 41 heavy (non-hydrogen) atoms. The Morgan fingerprint density at radius 2 is 1.63 bits per heavy atom. The number of benzene rings is 4. The summed E-state index contributed by atoms with van der Waals surface area (Å²) in [5.41, 5.74) is 5.13. The fourth-order valence-corrected chi connectivity index (χ4v) is 6.89. The Labute approximate surface area is 249 Å². The smallest absolute Gasteiger partial charge is 0.261 e. The van der Waals surface area contributed by atoms with Gasteiger partial charge in [-0.3, -0.25) is 14.3 Å². The Kier molecular flexibility index (Phi) is 8.40. The van der Waals surface area contributed by atoms with E-state index < -0.39 is 10.0 Å². The number of thioether (sulfide) groups is 1. The zero-order valence-electron chi connectivity index (χ0n) is 22.4. The van der Waals surface area contributed by atoms with Crippen molar-refractivity contribution in [3.63, 3.8) is 0 Å². The van der Waals surface area contributed by atoms with Crippen molar-refractivity contribution in [3.8, 4) is 0 Å². The summed E-state index contributed by atoms with van der Waals surface area (Å²) in [5, 5.41) is 3.31. The van der Waals surface area contributed by atoms with E-state index in [9.17, 15) is 18.0 Å². The molecule has 0 aliphatic carbocycles. The number of hydrogen-bond donors (Lipinski definition) is 2. The van der Waals surface area contributed by atoms with Crippen molar-refractivity contribution in [2.75, 3.05) is 15.8 Å². The second kappa shape index (κ2) is 12.0. The molecule has 7 nitrogen and oxygen atoms in total. The van der Waals surface area contributed by atoms with Crippen LogP contribution in [0.15, 0.2) is 95.9 Å². The molecule has 0 saturated carbocycles. The first-order valence-electron chi connectivity index (χ1n) is 12.9. The summed E-state index contributed by atoms with van der Waals surface area (Å²) in [6.45, 7) is 4.21. The number of nitrogens with zero attached hydrogens (tertiary/aromatic N) is 1. The molecule has 0 aromatic heterocycles. The number of sulfonamides is 1. The normalized spacial score (nSPS) is 15.1. The molecule has 1 heterocycles. The van der Waals surface area contributed by atoms with Crippen LogP contribution in [-0.2, 0) is 21.4 Å². The van der Waals surface area contributed by atoms with Crippen LogP contribution in [-0.4, -0.2) is 30.9 Å². The number of rotatable bonds is 8. The van der Waals surface area contributed by atoms with E-state index in [1.165, 1.54) is 12.1 Å². The topological polar surface area (TPSA) is 95.6 Å². The van der Waals surface area contributed by atoms with Gasteiger partial charge in [-0.05, 0) is 90.7 Å². The van der Waals surface area contributed by atoms with Gasteiger partial charge in [-0.2, -0.15) is 0 Å². The average molecular weight is 606 g/mol. The molecule has 1 fully saturated rings. The fraction of sp³-hybridized carbons (Fsp3) is 0.161. The molecule has 2 amide bonds. The Morgan fingerprint density at radius 3 is 2.32 bits per heavy atom. The van der Waals surface area contributed by atoms with Crippen LogP contribution in [0.2, 0.25) is 5.02 Å². The number of aryl methyl sites for hydroxylation is 2. The molecule has 4 aromatic rings. The van der Waals surface area contributed by atoms with Crippen molar-refractivity contribution in [1.29, 1.82) is 0 Å². The SMILES string of the molecule is Cc1ccc(C)c(NS(=O)(=O)c2ccc(NC(=O)c3ccc([C@H]4SCC(=O)N4Cc4ccc(Cl)cc4)cc3)cc2)c1. The first-order valence-corrected chi connectivity index (χ1v) is 15.8. The third-order valence-corrected chi connectivity index (χ3v) is 9.64. The summed E-state index contributed by atoms with van der Waals surface area (Å²) in [7, 11) is -3.79. The molecule has 2 N–H and O–H groups in total. The number of anilines is 2. The van der Waals surface area contributed by atoms with Crippen LogP contribution in [0.1, 0.15) is 38.0 Å². The second-order valence-corrected chi connectivity index (χ2v) is 13.0. The number of halogens is 1. The van der Waals surface area contributed by atoms with Crippen molar-refractivity contribution in [2.45, 2.75) is 30.7 Å². The Bertz CT molecular complexity index is 1690. The number of amides is 2. The van der Waals surface area contributed by atoms with Crippen LogP contribution in [0, 0.1) is 13.8 Å². The fourth-order valence-electron chi connectivity index (χ4n) is 4.46. The highest BCUT2D eigenvalue weighted by Crippen LogP contribution is 2.39. The molecule has 0 unspecified atom stereocenters. The third-order valence-electron chi connectivity index (χ3n) is 6.75. The number of carbonyl (C=O) groups is 2. The number of nitrogens with one attached hydrogen (secondary N) is 2. The minimum absolute atomic E-state index is 0.0615. The summed E-state index contributed by atoms with van der Waals surface area (Å²) in [6.07, 6.45) is 0. The standard InChI is InChI=1S/C31H28ClN3O4S2/c1-20-3-4-21(2)28(17-20)34-41(38,39)27-15-13-26(14-16-27)33-30(37)23-7-9-24(10-8-23)31-35(29(36)19-40-31)18-22-5-11-25(32)12-6-22/h3-17,31,34H,18-19H2,1-2H3,(H,33,37)/t31-/m1/s1. The maximum absolute atomic E-state index is 12.9. The third kappa shape index (κ3) is 6.75. The lowest BCUT2D eigenvalue weighted by molar-refractivity contribution is -0.128. The summed E-state index contributed by atoms with van der Waals surface area (Å²) >= 11 is 7.54. The van der Waals surface area contributed by atoms with Crippen LogP contribution in [0.4, 0.5) is 11.4 Å². The highest BCUT2D eigenvalue weighted by Gasteiger charge is 2.32. The zero-order valence-corrected chi connectivity index (χ0v) is 24.8. The molecule has 0 bridgehead atoms. The van der Waals surface area contributed by atoms with Gasteiger partial charge in [0.05, 0.1) is 16.3 Å². The zero-order chi connectivity index (χ0) is 29.1. The molecule has 1 aliphatic rings. The van der Waals surface area contributed by atoms with E-state index in [0.717, 1.165) is 22.3 Å². The lowest BCUT2D eigenvalue weighted by atomic mass is 10.1. The monoisotopic (exact) mass is 605 g/mol. The summed E-state index contributed by atoms with van der Waals surface area (Å²) in [5.74, 6) is 0.132. The Balaban J connectivity index is 1.23. The van der Waals surface area contributed by atoms with Gasteiger partial charge in [-0.15, -0.1) is 11.8 Å². The Hall–Kier alpha value is -3.79. The van der Waals surface area contributed by atoms with E-state index in [-0.39, 0.29) is 22.1 Å². The van der Waals surface area contributed by atoms with Crippen molar-refractivity contribution in [3.05, 3.63) is 124 Å². The van der Waals surface area contributed by atoms with Crippen LogP contribution in [0.3, 0.4) is 0 Å². The highest BCUT2D eigenvalue weighted by atomic mass is 35.5. The lowest BCUT2D eigenvalue weighted by Gasteiger charge is -2.24. The van der Waals surface area contributed by atoms with Gasteiger partial charge in [-0.25, -0.2) is 8.42 Å². The molecule has 210 valence electrons. The van der Waals surface area contributed by atoms with E-state index >= 15 is 0 Å². The van der Waals surface area contributed by atoms with Gasteiger partial charge in [0.2, 0.25) is 5.91 Å². The molecule has 1 atom stereocenters. The first kappa shape index (κ1) is 28.7. The molecular formula is C31H28ClN3O4S2. The van der Waals surface area contributed by atoms with E-state index in [2.05, 4.69) is 10.0 Å². The van der Waals surface area contributed by atoms with Gasteiger partial charge in [-0.1, -0.05) is 48.0 Å². The molecule has 5 rings (SSSR count). The average Bonchev–Trinajstić information content (AvgIpc) is 3.31. The van der Waals surface area contributed by atoms with Gasteiger partial charge < -0.3 is 10.2 Å². The van der Waals surface area contributed by atoms with Crippen molar-refractivity contribution < 1.29 is 18.0 Å². The molecule has 10 heteroatoms. The van der Waals surface area contributed by atoms with E-state index in [1.807, 2.05) is 67.3 Å². The van der Waals surface area contributed by atoms with Gasteiger partial charge in [0.25, 0.3) is 15.9 Å². The van der Waals surface area contributed by atoms with Crippen LogP contribution >= 0.6 is 23.4 Å². The van der Waals surface area contributed by atoms with Crippen molar-refractivity contribution in [2.24, 2.45) is 0 Å². The molecule has 4 aromatic carbocycles. The molecule has 0 radical (unpaired) electrons. The second-order valence-electron chi connectivity index (χ2n) is 9.84. The molecule has 1 aliphatic heterocycles. The van der Waals surface area contributed by atoms with E-state index in [0.29, 0.717) is 34.3 Å². The summed E-state index contributed by atoms with van der Waals surface area (Å²) in [4.78, 5) is 27.4.